The van der Waals surface area contributed by atoms with Gasteiger partial charge in [0.05, 0.1) is 16.3 Å². The molecule has 0 saturated carbocycles. The van der Waals surface area contributed by atoms with Crippen LogP contribution in [0.15, 0.2) is 48.7 Å². The zero-order chi connectivity index (χ0) is 18.1. The van der Waals surface area contributed by atoms with Crippen molar-refractivity contribution in [3.8, 4) is 5.00 Å². The molecule has 1 unspecified atom stereocenters. The van der Waals surface area contributed by atoms with Crippen LogP contribution in [-0.2, 0) is 4.79 Å². The molecule has 2 aromatic heterocycles. The van der Waals surface area contributed by atoms with E-state index in [9.17, 15) is 9.59 Å². The molecule has 4 rings (SSSR count). The maximum absolute atomic E-state index is 12.9. The van der Waals surface area contributed by atoms with Gasteiger partial charge in [-0.05, 0) is 42.5 Å². The minimum absolute atomic E-state index is 0.0197. The third kappa shape index (κ3) is 3.01. The monoisotopic (exact) mass is 367 g/mol. The summed E-state index contributed by atoms with van der Waals surface area (Å²) in [6, 6.07) is 14.2. The van der Waals surface area contributed by atoms with E-state index in [1.165, 1.54) is 16.7 Å². The number of benzene rings is 1. The first-order chi connectivity index (χ1) is 12.7. The lowest BCUT2D eigenvalue weighted by molar-refractivity contribution is -0.125. The van der Waals surface area contributed by atoms with Crippen molar-refractivity contribution in [2.24, 2.45) is 5.92 Å². The van der Waals surface area contributed by atoms with Crippen molar-refractivity contribution in [1.82, 2.24) is 14.8 Å². The fourth-order valence-electron chi connectivity index (χ4n) is 3.58. The van der Waals surface area contributed by atoms with E-state index in [1.54, 1.807) is 7.05 Å². The molecule has 1 aromatic carbocycles. The van der Waals surface area contributed by atoms with E-state index in [1.807, 2.05) is 35.4 Å². The van der Waals surface area contributed by atoms with Crippen LogP contribution in [-0.4, -0.2) is 41.4 Å². The molecule has 134 valence electrons. The second-order valence-electron chi connectivity index (χ2n) is 6.59. The average Bonchev–Trinajstić information content (AvgIpc) is 3.33. The number of aromatic nitrogens is 1. The maximum Gasteiger partial charge on any atom is 0.264 e. The lowest BCUT2D eigenvalue weighted by Gasteiger charge is -2.31. The molecule has 26 heavy (non-hydrogen) atoms. The van der Waals surface area contributed by atoms with Gasteiger partial charge in [0.25, 0.3) is 5.91 Å². The Morgan fingerprint density at radius 3 is 2.85 bits per heavy atom. The topological polar surface area (TPSA) is 54.3 Å². The fourth-order valence-corrected chi connectivity index (χ4v) is 4.55. The highest BCUT2D eigenvalue weighted by atomic mass is 32.1. The largest absolute Gasteiger partial charge is 0.359 e. The second kappa shape index (κ2) is 6.96. The van der Waals surface area contributed by atoms with Gasteiger partial charge in [0, 0.05) is 26.3 Å². The van der Waals surface area contributed by atoms with Gasteiger partial charge in [-0.1, -0.05) is 18.2 Å². The summed E-state index contributed by atoms with van der Waals surface area (Å²) in [5, 5.41) is 4.90. The number of nitrogens with one attached hydrogen (secondary N) is 1. The van der Waals surface area contributed by atoms with Crippen molar-refractivity contribution in [2.45, 2.75) is 12.8 Å². The number of amides is 2. The number of rotatable bonds is 3. The van der Waals surface area contributed by atoms with E-state index >= 15 is 0 Å². The molecule has 1 saturated heterocycles. The molecule has 5 nitrogen and oxygen atoms in total. The smallest absolute Gasteiger partial charge is 0.264 e. The third-order valence-corrected chi connectivity index (χ3v) is 6.04. The normalized spacial score (nSPS) is 17.4. The number of hydrogen-bond donors (Lipinski definition) is 1. The first kappa shape index (κ1) is 16.8. The maximum atomic E-state index is 12.9. The summed E-state index contributed by atoms with van der Waals surface area (Å²) in [5.74, 6) is -0.0648. The number of carbonyl (C=O) groups excluding carboxylic acids is 2. The Hall–Kier alpha value is -2.60. The molecule has 1 aliphatic heterocycles. The second-order valence-corrected chi connectivity index (χ2v) is 7.65. The molecule has 2 amide bonds. The molecule has 1 atom stereocenters. The summed E-state index contributed by atoms with van der Waals surface area (Å²) in [6.07, 6.45) is 3.74. The third-order valence-electron chi connectivity index (χ3n) is 4.97. The van der Waals surface area contributed by atoms with E-state index in [2.05, 4.69) is 28.1 Å². The van der Waals surface area contributed by atoms with Crippen molar-refractivity contribution in [2.75, 3.05) is 20.1 Å². The van der Waals surface area contributed by atoms with Gasteiger partial charge in [-0.25, -0.2) is 0 Å². The Morgan fingerprint density at radius 2 is 2.00 bits per heavy atom. The molecular weight excluding hydrogens is 346 g/mol. The van der Waals surface area contributed by atoms with E-state index in [0.717, 1.165) is 28.2 Å². The van der Waals surface area contributed by atoms with E-state index in [4.69, 9.17) is 0 Å². The molecular formula is C20H21N3O2S. The van der Waals surface area contributed by atoms with Crippen LogP contribution in [0.5, 0.6) is 0 Å². The van der Waals surface area contributed by atoms with Gasteiger partial charge in [0.1, 0.15) is 5.00 Å². The van der Waals surface area contributed by atoms with Crippen molar-refractivity contribution in [1.29, 1.82) is 0 Å². The van der Waals surface area contributed by atoms with Crippen LogP contribution in [0, 0.1) is 5.92 Å². The van der Waals surface area contributed by atoms with Crippen LogP contribution in [0.25, 0.3) is 15.9 Å². The first-order valence-electron chi connectivity index (χ1n) is 8.84. The predicted molar refractivity (Wildman–Crippen MR) is 104 cm³/mol. The molecule has 0 radical (unpaired) electrons. The SMILES string of the molecule is CNC(=O)C1CCCN(C(=O)c2ccc(-n3ccc4ccccc43)s2)C1. The molecule has 3 aromatic rings. The summed E-state index contributed by atoms with van der Waals surface area (Å²) in [6.45, 7) is 1.21. The Morgan fingerprint density at radius 1 is 1.15 bits per heavy atom. The number of nitrogens with zero attached hydrogens (tertiary/aromatic N) is 2. The van der Waals surface area contributed by atoms with Crippen LogP contribution < -0.4 is 5.32 Å². The highest BCUT2D eigenvalue weighted by Crippen LogP contribution is 2.28. The van der Waals surface area contributed by atoms with Gasteiger partial charge in [-0.2, -0.15) is 0 Å². The summed E-state index contributed by atoms with van der Waals surface area (Å²) >= 11 is 1.49. The summed E-state index contributed by atoms with van der Waals surface area (Å²) in [7, 11) is 1.65. The average molecular weight is 367 g/mol. The number of thiophene rings is 1. The van der Waals surface area contributed by atoms with E-state index in [-0.39, 0.29) is 17.7 Å². The van der Waals surface area contributed by atoms with Crippen molar-refractivity contribution >= 4 is 34.1 Å². The van der Waals surface area contributed by atoms with Crippen LogP contribution >= 0.6 is 11.3 Å². The summed E-state index contributed by atoms with van der Waals surface area (Å²) in [5.41, 5.74) is 1.13. The highest BCUT2D eigenvalue weighted by Gasteiger charge is 2.29. The van der Waals surface area contributed by atoms with Gasteiger partial charge < -0.3 is 14.8 Å². The van der Waals surface area contributed by atoms with Crippen LogP contribution in [0.3, 0.4) is 0 Å². The Bertz CT molecular complexity index is 959. The Labute approximate surface area is 156 Å². The molecule has 1 aliphatic rings. The van der Waals surface area contributed by atoms with E-state index in [0.29, 0.717) is 13.1 Å². The van der Waals surface area contributed by atoms with Gasteiger partial charge in [0.15, 0.2) is 0 Å². The number of fused-ring (bicyclic) bond motifs is 1. The standard InChI is InChI=1S/C20H21N3O2S/c1-21-19(24)15-6-4-11-22(13-15)20(25)17-8-9-18(26-17)23-12-10-14-5-2-3-7-16(14)23/h2-3,5,7-10,12,15H,4,6,11,13H2,1H3,(H,21,24). The Balaban J connectivity index is 1.56. The number of hydrogen-bond acceptors (Lipinski definition) is 3. The number of para-hydroxylation sites is 1. The summed E-state index contributed by atoms with van der Waals surface area (Å²) < 4.78 is 2.11. The number of piperidine rings is 1. The zero-order valence-electron chi connectivity index (χ0n) is 14.6. The van der Waals surface area contributed by atoms with Crippen LogP contribution in [0.1, 0.15) is 22.5 Å². The first-order valence-corrected chi connectivity index (χ1v) is 9.66. The lowest BCUT2D eigenvalue weighted by atomic mass is 9.97. The van der Waals surface area contributed by atoms with Gasteiger partial charge in [-0.15, -0.1) is 11.3 Å². The van der Waals surface area contributed by atoms with Gasteiger partial charge in [0.2, 0.25) is 5.91 Å². The van der Waals surface area contributed by atoms with Crippen LogP contribution in [0.4, 0.5) is 0 Å². The Kier molecular flexibility index (Phi) is 4.51. The molecule has 0 bridgehead atoms. The fraction of sp³-hybridized carbons (Fsp3) is 0.300. The van der Waals surface area contributed by atoms with Crippen molar-refractivity contribution in [3.63, 3.8) is 0 Å². The molecule has 0 spiro atoms. The number of carbonyl (C=O) groups is 2. The summed E-state index contributed by atoms with van der Waals surface area (Å²) in [4.78, 5) is 27.3. The minimum Gasteiger partial charge on any atom is -0.359 e. The molecule has 3 heterocycles. The molecule has 0 aliphatic carbocycles. The lowest BCUT2D eigenvalue weighted by Crippen LogP contribution is -2.44. The van der Waals surface area contributed by atoms with E-state index < -0.39 is 0 Å². The quantitative estimate of drug-likeness (QED) is 0.772. The number of likely N-dealkylation sites (tertiary alicyclic amines) is 1. The van der Waals surface area contributed by atoms with Gasteiger partial charge >= 0.3 is 0 Å². The van der Waals surface area contributed by atoms with Crippen LogP contribution in [0.2, 0.25) is 0 Å². The minimum atomic E-state index is -0.106. The van der Waals surface area contributed by atoms with Crippen molar-refractivity contribution < 1.29 is 9.59 Å². The van der Waals surface area contributed by atoms with Gasteiger partial charge in [-0.3, -0.25) is 9.59 Å². The van der Waals surface area contributed by atoms with Crippen molar-refractivity contribution in [3.05, 3.63) is 53.5 Å². The molecule has 6 heteroatoms. The molecule has 1 N–H and O–H groups in total. The molecule has 1 fully saturated rings. The highest BCUT2D eigenvalue weighted by molar-refractivity contribution is 7.16. The zero-order valence-corrected chi connectivity index (χ0v) is 15.5. The predicted octanol–water partition coefficient (Wildman–Crippen LogP) is 3.29.